The Morgan fingerprint density at radius 3 is 2.65 bits per heavy atom. The highest BCUT2D eigenvalue weighted by molar-refractivity contribution is 6.53. The summed E-state index contributed by atoms with van der Waals surface area (Å²) in [7, 11) is 0. The van der Waals surface area contributed by atoms with Crippen molar-refractivity contribution >= 4 is 52.3 Å². The first-order valence-corrected chi connectivity index (χ1v) is 9.78. The fraction of sp³-hybridized carbons (Fsp3) is 0.190. The van der Waals surface area contributed by atoms with Crippen LogP contribution in [-0.4, -0.2) is 52.6 Å². The molecule has 4 rings (SSSR count). The number of benzene rings is 2. The number of halogens is 1. The topological polar surface area (TPSA) is 147 Å². The summed E-state index contributed by atoms with van der Waals surface area (Å²) < 4.78 is 0. The van der Waals surface area contributed by atoms with Crippen LogP contribution >= 0.6 is 11.6 Å². The summed E-state index contributed by atoms with van der Waals surface area (Å²) >= 11 is 6.06. The van der Waals surface area contributed by atoms with Crippen molar-refractivity contribution in [1.82, 2.24) is 5.32 Å². The van der Waals surface area contributed by atoms with E-state index >= 15 is 0 Å². The van der Waals surface area contributed by atoms with Crippen LogP contribution in [0.3, 0.4) is 0 Å². The number of amidine groups is 2. The van der Waals surface area contributed by atoms with Crippen LogP contribution in [0.1, 0.15) is 22.3 Å². The average molecular weight is 440 g/mol. The summed E-state index contributed by atoms with van der Waals surface area (Å²) in [5, 5.41) is 33.8. The number of aliphatic carboxylic acids is 1. The largest absolute Gasteiger partial charge is 0.481 e. The fourth-order valence-electron chi connectivity index (χ4n) is 3.65. The molecular weight excluding hydrogens is 422 g/mol. The Balaban J connectivity index is 1.75. The van der Waals surface area contributed by atoms with E-state index in [1.165, 1.54) is 12.1 Å². The molecule has 9 nitrogen and oxygen atoms in total. The molecule has 1 unspecified atom stereocenters. The van der Waals surface area contributed by atoms with Gasteiger partial charge in [-0.15, -0.1) is 0 Å². The maximum atomic E-state index is 11.5. The minimum atomic E-state index is -1.08. The van der Waals surface area contributed by atoms with Crippen molar-refractivity contribution in [3.05, 3.63) is 58.6 Å². The number of carboxylic acid groups (broad SMARTS) is 2. The zero-order valence-electron chi connectivity index (χ0n) is 16.1. The Hall–Kier alpha value is -3.72. The number of aromatic carboxylic acids is 1. The van der Waals surface area contributed by atoms with E-state index in [1.807, 2.05) is 0 Å². The van der Waals surface area contributed by atoms with Gasteiger partial charge in [0.05, 0.1) is 29.9 Å². The second kappa shape index (κ2) is 7.84. The number of nitrogens with zero attached hydrogens (tertiary/aromatic N) is 2. The summed E-state index contributed by atoms with van der Waals surface area (Å²) in [6.45, 7) is 0.414. The molecule has 31 heavy (non-hydrogen) atoms. The Morgan fingerprint density at radius 2 is 2.00 bits per heavy atom. The highest BCUT2D eigenvalue weighted by Gasteiger charge is 2.52. The van der Waals surface area contributed by atoms with Crippen molar-refractivity contribution in [2.75, 3.05) is 18.4 Å². The Labute approximate surface area is 182 Å². The van der Waals surface area contributed by atoms with Gasteiger partial charge in [-0.2, -0.15) is 0 Å². The van der Waals surface area contributed by atoms with Crippen molar-refractivity contribution in [1.29, 1.82) is 5.41 Å². The second-order valence-electron chi connectivity index (χ2n) is 7.15. The first-order valence-electron chi connectivity index (χ1n) is 9.40. The van der Waals surface area contributed by atoms with Crippen LogP contribution in [-0.2, 0) is 10.2 Å². The van der Waals surface area contributed by atoms with Gasteiger partial charge in [0.1, 0.15) is 11.3 Å². The molecule has 0 radical (unpaired) electrons. The molecule has 0 aromatic heterocycles. The van der Waals surface area contributed by atoms with E-state index in [9.17, 15) is 14.7 Å². The lowest BCUT2D eigenvalue weighted by atomic mass is 9.68. The van der Waals surface area contributed by atoms with Crippen LogP contribution < -0.4 is 10.6 Å². The van der Waals surface area contributed by atoms with E-state index < -0.39 is 17.4 Å². The van der Waals surface area contributed by atoms with Crippen LogP contribution in [0.25, 0.3) is 0 Å². The standard InChI is InChI=1S/C21H18ClN5O4/c22-12-2-1-3-13(9-12)26-18-17(23)21(10-25-20(21)24-7-6-16(28)29)14-5-4-11(19(30)31)8-15(14)27-18/h1-5,8-9,23H,6-7,10H2,(H,24,25)(H,26,27)(H,28,29)(H,30,31). The third kappa shape index (κ3) is 3.64. The van der Waals surface area contributed by atoms with E-state index in [0.717, 1.165) is 0 Å². The number of carbonyl (C=O) groups is 2. The van der Waals surface area contributed by atoms with Gasteiger partial charge in [-0.1, -0.05) is 23.7 Å². The van der Waals surface area contributed by atoms with Gasteiger partial charge in [-0.25, -0.2) is 9.79 Å². The monoisotopic (exact) mass is 439 g/mol. The summed E-state index contributed by atoms with van der Waals surface area (Å²) in [5.74, 6) is -1.33. The summed E-state index contributed by atoms with van der Waals surface area (Å²) in [6.07, 6.45) is -0.102. The van der Waals surface area contributed by atoms with Crippen LogP contribution in [0.2, 0.25) is 5.02 Å². The molecule has 0 bridgehead atoms. The molecule has 1 atom stereocenters. The molecule has 2 heterocycles. The summed E-state index contributed by atoms with van der Waals surface area (Å²) in [6, 6.07) is 11.5. The number of carboxylic acids is 2. The first-order chi connectivity index (χ1) is 14.8. The van der Waals surface area contributed by atoms with Gasteiger partial charge < -0.3 is 20.8 Å². The Bertz CT molecular complexity index is 1180. The number of nitrogens with one attached hydrogen (secondary N) is 3. The van der Waals surface area contributed by atoms with E-state index in [4.69, 9.17) is 22.1 Å². The van der Waals surface area contributed by atoms with Crippen LogP contribution in [0.5, 0.6) is 0 Å². The number of rotatable bonds is 5. The van der Waals surface area contributed by atoms with Gasteiger partial charge in [0.2, 0.25) is 0 Å². The molecule has 0 saturated heterocycles. The molecule has 1 spiro atoms. The fourth-order valence-corrected chi connectivity index (χ4v) is 3.84. The number of hydrogen-bond acceptors (Lipinski definition) is 7. The van der Waals surface area contributed by atoms with Gasteiger partial charge in [-0.3, -0.25) is 15.2 Å². The molecule has 2 aliphatic heterocycles. The normalized spacial score (nSPS) is 19.1. The predicted octanol–water partition coefficient (Wildman–Crippen LogP) is 2.93. The summed E-state index contributed by atoms with van der Waals surface area (Å²) in [4.78, 5) is 31.2. The van der Waals surface area contributed by atoms with Crippen LogP contribution in [0.4, 0.5) is 11.4 Å². The van der Waals surface area contributed by atoms with Crippen LogP contribution in [0.15, 0.2) is 52.4 Å². The van der Waals surface area contributed by atoms with Crippen molar-refractivity contribution in [3.63, 3.8) is 0 Å². The smallest absolute Gasteiger partial charge is 0.335 e. The molecule has 0 saturated carbocycles. The molecule has 2 aliphatic rings. The van der Waals surface area contributed by atoms with Crippen molar-refractivity contribution in [3.8, 4) is 0 Å². The highest BCUT2D eigenvalue weighted by atomic mass is 35.5. The summed E-state index contributed by atoms with van der Waals surface area (Å²) in [5.41, 5.74) is 0.939. The van der Waals surface area contributed by atoms with Gasteiger partial charge in [0.15, 0.2) is 5.84 Å². The van der Waals surface area contributed by atoms with Gasteiger partial charge in [0, 0.05) is 17.3 Å². The van der Waals surface area contributed by atoms with Gasteiger partial charge >= 0.3 is 11.9 Å². The molecular formula is C21H18ClN5O4. The van der Waals surface area contributed by atoms with E-state index in [0.29, 0.717) is 27.8 Å². The number of fused-ring (bicyclic) bond motifs is 2. The quantitative estimate of drug-likeness (QED) is 0.484. The zero-order valence-corrected chi connectivity index (χ0v) is 16.9. The molecule has 0 aliphatic carbocycles. The molecule has 5 N–H and O–H groups in total. The maximum Gasteiger partial charge on any atom is 0.335 e. The van der Waals surface area contributed by atoms with E-state index in [1.54, 1.807) is 30.3 Å². The minimum absolute atomic E-state index is 0.0739. The SMILES string of the molecule is N=C1C(Nc2cccc(Cl)c2)=Nc2cc(C(=O)O)ccc2C12CN=C2NCCC(=O)O. The van der Waals surface area contributed by atoms with Crippen molar-refractivity contribution < 1.29 is 19.8 Å². The second-order valence-corrected chi connectivity index (χ2v) is 7.58. The lowest BCUT2D eigenvalue weighted by Crippen LogP contribution is -2.62. The molecule has 158 valence electrons. The minimum Gasteiger partial charge on any atom is -0.481 e. The third-order valence-corrected chi connectivity index (χ3v) is 5.43. The molecule has 2 aromatic rings. The number of anilines is 1. The maximum absolute atomic E-state index is 11.5. The molecule has 0 fully saturated rings. The molecule has 10 heteroatoms. The van der Waals surface area contributed by atoms with Crippen molar-refractivity contribution in [2.24, 2.45) is 9.98 Å². The van der Waals surface area contributed by atoms with Crippen molar-refractivity contribution in [2.45, 2.75) is 11.8 Å². The zero-order chi connectivity index (χ0) is 22.2. The van der Waals surface area contributed by atoms with E-state index in [2.05, 4.69) is 20.6 Å². The Kier molecular flexibility index (Phi) is 5.20. The van der Waals surface area contributed by atoms with Crippen LogP contribution in [0, 0.1) is 5.41 Å². The lowest BCUT2D eigenvalue weighted by Gasteiger charge is -2.44. The number of hydrogen-bond donors (Lipinski definition) is 5. The molecule has 0 amide bonds. The number of aliphatic imine (C=N–C) groups is 2. The third-order valence-electron chi connectivity index (χ3n) is 5.20. The van der Waals surface area contributed by atoms with Gasteiger partial charge in [0.25, 0.3) is 0 Å². The molecule has 2 aromatic carbocycles. The van der Waals surface area contributed by atoms with E-state index in [-0.39, 0.29) is 36.6 Å². The van der Waals surface area contributed by atoms with Gasteiger partial charge in [-0.05, 0) is 35.9 Å². The lowest BCUT2D eigenvalue weighted by molar-refractivity contribution is -0.136. The first kappa shape index (κ1) is 20.5. The average Bonchev–Trinajstić information content (AvgIpc) is 2.70. The predicted molar refractivity (Wildman–Crippen MR) is 118 cm³/mol. The highest BCUT2D eigenvalue weighted by Crippen LogP contribution is 2.43. The Morgan fingerprint density at radius 1 is 1.19 bits per heavy atom.